The Morgan fingerprint density at radius 2 is 0.804 bits per heavy atom. The predicted molar refractivity (Wildman–Crippen MR) is 201 cm³/mol. The van der Waals surface area contributed by atoms with Gasteiger partial charge in [0.1, 0.15) is 17.2 Å². The Labute approximate surface area is 331 Å². The second kappa shape index (κ2) is 22.6. The molecular formula is C39H52N3NaO7S. The van der Waals surface area contributed by atoms with Gasteiger partial charge in [0.2, 0.25) is 0 Å². The van der Waals surface area contributed by atoms with Gasteiger partial charge < -0.3 is 38.6 Å². The van der Waals surface area contributed by atoms with Gasteiger partial charge in [0.05, 0.1) is 74.2 Å². The number of methoxy groups -OCH3 is 3. The fraction of sp³-hybridized carbons (Fsp3) is 0.513. The summed E-state index contributed by atoms with van der Waals surface area (Å²) in [7, 11) is 5.25. The zero-order valence-corrected chi connectivity index (χ0v) is 34.3. The molecule has 0 unspecified atom stereocenters. The quantitative estimate of drug-likeness (QED) is 0.227. The van der Waals surface area contributed by atoms with Crippen molar-refractivity contribution in [1.82, 2.24) is 9.80 Å². The molecule has 3 heterocycles. The Morgan fingerprint density at radius 1 is 0.529 bits per heavy atom. The molecule has 0 N–H and O–H groups in total. The van der Waals surface area contributed by atoms with Crippen LogP contribution in [0.4, 0.5) is 0 Å². The minimum atomic E-state index is 0. The van der Waals surface area contributed by atoms with Crippen LogP contribution in [0.2, 0.25) is 0 Å². The molecule has 0 spiro atoms. The average Bonchev–Trinajstić information content (AvgIpc) is 3.08. The van der Waals surface area contributed by atoms with E-state index in [1.54, 1.807) is 21.3 Å². The van der Waals surface area contributed by atoms with Crippen LogP contribution in [0.5, 0.6) is 17.2 Å². The molecule has 3 aliphatic heterocycles. The van der Waals surface area contributed by atoms with Crippen molar-refractivity contribution in [1.29, 1.82) is 0 Å². The number of rotatable bonds is 3. The molecule has 272 valence electrons. The Balaban J connectivity index is 0.00000169. The number of aryl methyl sites for hydroxylation is 3. The van der Waals surface area contributed by atoms with Crippen LogP contribution in [0, 0.1) is 20.8 Å². The number of thiocarbonyl (C=S) groups is 1. The fourth-order valence-corrected chi connectivity index (χ4v) is 6.65. The van der Waals surface area contributed by atoms with E-state index in [1.807, 2.05) is 0 Å². The van der Waals surface area contributed by atoms with E-state index >= 15 is 0 Å². The minimum absolute atomic E-state index is 0. The van der Waals surface area contributed by atoms with Gasteiger partial charge >= 0.3 is 29.6 Å². The summed E-state index contributed by atoms with van der Waals surface area (Å²) >= 11 is 3.70. The molecule has 3 aromatic rings. The van der Waals surface area contributed by atoms with Crippen LogP contribution in [0.25, 0.3) is 27.7 Å². The zero-order valence-electron chi connectivity index (χ0n) is 31.5. The third-order valence-corrected chi connectivity index (χ3v) is 8.79. The van der Waals surface area contributed by atoms with Gasteiger partial charge in [-0.2, -0.15) is 5.16 Å². The molecule has 6 rings (SSSR count). The molecule has 10 nitrogen and oxygen atoms in total. The SMILES string of the molecule is COc1c2cc(C)cc1-c1cc(C)cc(c1OC)-c1cc(C)cc(c1OC)CN1CCOCCOCCN(CCOCCOCC1)C2.[N-]=C=S.[Na+]. The first-order valence-corrected chi connectivity index (χ1v) is 17.6. The van der Waals surface area contributed by atoms with Crippen molar-refractivity contribution < 1.29 is 62.7 Å². The Kier molecular flexibility index (Phi) is 19.1. The molecule has 1 fully saturated rings. The van der Waals surface area contributed by atoms with Crippen LogP contribution in [-0.2, 0) is 32.0 Å². The summed E-state index contributed by atoms with van der Waals surface area (Å²) in [4.78, 5) is 4.73. The normalized spacial score (nSPS) is 18.9. The number of isothiocyanates is 1. The molecule has 0 saturated carbocycles. The summed E-state index contributed by atoms with van der Waals surface area (Å²) in [6.45, 7) is 15.4. The summed E-state index contributed by atoms with van der Waals surface area (Å²) in [5, 5.41) is 8.47. The van der Waals surface area contributed by atoms with Crippen LogP contribution >= 0.6 is 12.2 Å². The monoisotopic (exact) mass is 729 g/mol. The number of nitrogens with zero attached hydrogens (tertiary/aromatic N) is 3. The molecule has 1 saturated heterocycles. The van der Waals surface area contributed by atoms with E-state index < -0.39 is 0 Å². The molecular weight excluding hydrogens is 678 g/mol. The van der Waals surface area contributed by atoms with Crippen LogP contribution in [0.1, 0.15) is 27.8 Å². The summed E-state index contributed by atoms with van der Waals surface area (Å²) in [6.07, 6.45) is 0. The topological polar surface area (TPSA) is 93.4 Å². The first kappa shape index (κ1) is 43.0. The molecule has 12 heteroatoms. The van der Waals surface area contributed by atoms with Crippen LogP contribution in [-0.4, -0.2) is 115 Å². The first-order chi connectivity index (χ1) is 24.3. The van der Waals surface area contributed by atoms with Gasteiger partial charge in [-0.05, 0) is 61.7 Å². The van der Waals surface area contributed by atoms with Gasteiger partial charge in [-0.1, -0.05) is 24.4 Å². The van der Waals surface area contributed by atoms with E-state index in [9.17, 15) is 0 Å². The second-order valence-corrected chi connectivity index (χ2v) is 12.7. The minimum Gasteiger partial charge on any atom is -0.753 e. The van der Waals surface area contributed by atoms with Crippen molar-refractivity contribution in [2.75, 3.05) is 100 Å². The summed E-state index contributed by atoms with van der Waals surface area (Å²) in [6, 6.07) is 13.2. The Bertz CT molecular complexity index is 1460. The molecule has 8 bridgehead atoms. The van der Waals surface area contributed by atoms with Gasteiger partial charge in [-0.3, -0.25) is 9.80 Å². The molecule has 0 radical (unpaired) electrons. The summed E-state index contributed by atoms with van der Waals surface area (Å²) in [5.41, 5.74) is 9.60. The average molecular weight is 730 g/mol. The molecule has 3 aliphatic rings. The van der Waals surface area contributed by atoms with Crippen molar-refractivity contribution in [3.05, 3.63) is 69.6 Å². The van der Waals surface area contributed by atoms with Gasteiger partial charge in [-0.25, -0.2) is 0 Å². The molecule has 0 atom stereocenters. The van der Waals surface area contributed by atoms with Crippen LogP contribution in [0.3, 0.4) is 0 Å². The predicted octanol–water partition coefficient (Wildman–Crippen LogP) is 3.33. The van der Waals surface area contributed by atoms with Crippen LogP contribution < -0.4 is 43.8 Å². The van der Waals surface area contributed by atoms with Crippen molar-refractivity contribution in [3.8, 4) is 39.5 Å². The van der Waals surface area contributed by atoms with E-state index in [4.69, 9.17) is 38.6 Å². The van der Waals surface area contributed by atoms with Gasteiger partial charge in [-0.15, -0.1) is 0 Å². The third kappa shape index (κ3) is 12.3. The maximum Gasteiger partial charge on any atom is 1.00 e. The van der Waals surface area contributed by atoms with Crippen molar-refractivity contribution in [2.45, 2.75) is 33.9 Å². The van der Waals surface area contributed by atoms with E-state index in [0.717, 1.165) is 93.5 Å². The largest absolute Gasteiger partial charge is 1.00 e. The summed E-state index contributed by atoms with van der Waals surface area (Å²) < 4.78 is 42.8. The van der Waals surface area contributed by atoms with Gasteiger partial charge in [0.15, 0.2) is 0 Å². The van der Waals surface area contributed by atoms with Crippen molar-refractivity contribution >= 4 is 17.4 Å². The van der Waals surface area contributed by atoms with E-state index in [1.165, 1.54) is 5.16 Å². The van der Waals surface area contributed by atoms with Gasteiger partial charge in [0, 0.05) is 72.6 Å². The van der Waals surface area contributed by atoms with E-state index in [0.29, 0.717) is 65.9 Å². The summed E-state index contributed by atoms with van der Waals surface area (Å²) in [5.74, 6) is 2.46. The fourth-order valence-electron chi connectivity index (χ4n) is 6.65. The number of hydrogen-bond donors (Lipinski definition) is 0. The third-order valence-electron chi connectivity index (χ3n) is 8.79. The van der Waals surface area contributed by atoms with Crippen molar-refractivity contribution in [3.63, 3.8) is 0 Å². The molecule has 51 heavy (non-hydrogen) atoms. The number of fused-ring (bicyclic) bond motifs is 14. The second-order valence-electron chi connectivity index (χ2n) is 12.5. The number of hydrogen-bond acceptors (Lipinski definition) is 10. The van der Waals surface area contributed by atoms with Crippen LogP contribution in [0.15, 0.2) is 36.4 Å². The maximum absolute atomic E-state index is 7.13. The standard InChI is InChI=1S/C38H52N2O7.CNS.Na/c1-27-19-30-25-39-7-11-44-15-17-46-13-9-40(10-14-47-18-16-45-12-8-39)26-31-20-28(2)22-33(37(31)42-5)35-24-29(3)23-34(38(35)43-6)32(21-27)36(30)41-4;2-1-3;/h19-24H,7-18,25-26H2,1-6H3;;/q;-1;+1. The Hall–Kier alpha value is -2.38. The van der Waals surface area contributed by atoms with E-state index in [-0.39, 0.29) is 29.6 Å². The molecule has 0 aromatic heterocycles. The maximum atomic E-state index is 7.13. The smallest absolute Gasteiger partial charge is 0.753 e. The molecule has 0 aliphatic carbocycles. The number of benzene rings is 3. The first-order valence-electron chi connectivity index (χ1n) is 17.1. The molecule has 3 aromatic carbocycles. The Morgan fingerprint density at radius 3 is 1.10 bits per heavy atom. The van der Waals surface area contributed by atoms with Gasteiger partial charge in [0.25, 0.3) is 0 Å². The molecule has 0 amide bonds. The number of ether oxygens (including phenoxy) is 7. The zero-order chi connectivity index (χ0) is 35.9. The van der Waals surface area contributed by atoms with E-state index in [2.05, 4.69) is 79.2 Å². The van der Waals surface area contributed by atoms with Crippen molar-refractivity contribution in [2.24, 2.45) is 0 Å².